The summed E-state index contributed by atoms with van der Waals surface area (Å²) in [4.78, 5) is 25.0. The van der Waals surface area contributed by atoms with Crippen LogP contribution in [0.1, 0.15) is 72.1 Å². The Labute approximate surface area is 374 Å². The molecule has 3 heterocycles. The second-order valence-electron chi connectivity index (χ2n) is 17.1. The fourth-order valence-corrected chi connectivity index (χ4v) is 7.72. The third-order valence-electron chi connectivity index (χ3n) is 11.7. The molecule has 6 unspecified atom stereocenters. The summed E-state index contributed by atoms with van der Waals surface area (Å²) < 4.78 is 22.8. The van der Waals surface area contributed by atoms with Crippen molar-refractivity contribution in [1.82, 2.24) is 0 Å². The van der Waals surface area contributed by atoms with Gasteiger partial charge in [0, 0.05) is 37.5 Å². The van der Waals surface area contributed by atoms with Gasteiger partial charge in [-0.1, -0.05) is 98.9 Å². The van der Waals surface area contributed by atoms with Crippen molar-refractivity contribution >= 4 is 11.9 Å². The van der Waals surface area contributed by atoms with Crippen LogP contribution in [0, 0.1) is 17.8 Å². The summed E-state index contributed by atoms with van der Waals surface area (Å²) in [5.74, 6) is -6.81. The molecule has 3 aliphatic rings. The molecular formula is C46H71NO17. The number of carbonyl (C=O) groups is 2. The van der Waals surface area contributed by atoms with Crippen molar-refractivity contribution in [3.8, 4) is 0 Å². The zero-order valence-electron chi connectivity index (χ0n) is 36.7. The van der Waals surface area contributed by atoms with E-state index in [0.29, 0.717) is 0 Å². The number of carboxylic acid groups (broad SMARTS) is 1. The highest BCUT2D eigenvalue weighted by atomic mass is 16.7. The van der Waals surface area contributed by atoms with Crippen molar-refractivity contribution in [1.29, 1.82) is 0 Å². The summed E-state index contributed by atoms with van der Waals surface area (Å²) in [7, 11) is 0. The molecule has 362 valence electrons. The number of carboxylic acids is 1. The number of aliphatic carboxylic acids is 1. The molecule has 0 spiro atoms. The average molecular weight is 910 g/mol. The van der Waals surface area contributed by atoms with E-state index in [1.54, 1.807) is 80.7 Å². The van der Waals surface area contributed by atoms with E-state index in [2.05, 4.69) is 0 Å². The molecule has 0 aliphatic carbocycles. The first-order chi connectivity index (χ1) is 30.2. The fourth-order valence-electron chi connectivity index (χ4n) is 7.72. The van der Waals surface area contributed by atoms with E-state index in [9.17, 15) is 65.8 Å². The Balaban J connectivity index is 1.84. The molecule has 2 saturated heterocycles. The molecule has 0 saturated carbocycles. The number of carbonyl (C=O) groups excluding carboxylic acids is 1. The Morgan fingerprint density at radius 3 is 1.86 bits per heavy atom. The number of hydrogen-bond acceptors (Lipinski definition) is 17. The lowest BCUT2D eigenvalue weighted by atomic mass is 9.82. The van der Waals surface area contributed by atoms with Gasteiger partial charge in [-0.25, -0.2) is 0 Å². The first kappa shape index (κ1) is 54.9. The maximum Gasteiger partial charge on any atom is 0.311 e. The molecule has 3 aliphatic heterocycles. The molecule has 0 aromatic heterocycles. The van der Waals surface area contributed by atoms with Crippen molar-refractivity contribution < 1.29 is 84.7 Å². The molecule has 18 nitrogen and oxygen atoms in total. The standard InChI is InChI=1S/C46H71NO17/c1-27-16-14-12-10-8-6-4-5-7-9-11-13-15-17-33(63-45-43(57)41(47)37(54)26-61-45)23-38-40(44(58)59)36(53)25-46(60,64-38)24-32(50)21-35(52)34(51)19-18-30(48)20-31(49)22-39(55)62-29(3)28(2)42(27)56/h4-17,27-38,40-43,45,48-54,56-57,60H,18-26,47H2,1-3H3,(H,58,59)/b5-4-,8-6-,9-7-,12-10-,13-11-,16-14-,17-15-/t27-,28-,29-,30?,31?,32?,33-,34+,35?,36-,37+,38-,40+,41-,42+,43+,45?,46?/m0/s1. The maximum absolute atomic E-state index is 12.6. The number of allylic oxidation sites excluding steroid dienone is 12. The van der Waals surface area contributed by atoms with Gasteiger partial charge in [-0.2, -0.15) is 0 Å². The van der Waals surface area contributed by atoms with Crippen molar-refractivity contribution in [2.75, 3.05) is 6.61 Å². The number of cyclic esters (lactones) is 1. The van der Waals surface area contributed by atoms with Crippen molar-refractivity contribution in [3.05, 3.63) is 85.1 Å². The van der Waals surface area contributed by atoms with E-state index in [1.807, 2.05) is 19.1 Å². The van der Waals surface area contributed by atoms with Gasteiger partial charge in [0.2, 0.25) is 0 Å². The van der Waals surface area contributed by atoms with Crippen molar-refractivity contribution in [2.24, 2.45) is 23.5 Å². The van der Waals surface area contributed by atoms with E-state index < -0.39 is 141 Å². The van der Waals surface area contributed by atoms with Crippen molar-refractivity contribution in [2.45, 2.75) is 164 Å². The first-order valence-corrected chi connectivity index (χ1v) is 21.9. The second kappa shape index (κ2) is 27.3. The largest absolute Gasteiger partial charge is 0.481 e. The van der Waals surface area contributed by atoms with E-state index in [4.69, 9.17) is 24.7 Å². The highest BCUT2D eigenvalue weighted by Crippen LogP contribution is 2.38. The molecule has 13 N–H and O–H groups in total. The van der Waals surface area contributed by atoms with Crippen LogP contribution in [0.15, 0.2) is 85.1 Å². The van der Waals surface area contributed by atoms with E-state index >= 15 is 0 Å². The van der Waals surface area contributed by atoms with E-state index in [-0.39, 0.29) is 38.2 Å². The van der Waals surface area contributed by atoms with Crippen molar-refractivity contribution in [3.63, 3.8) is 0 Å². The Morgan fingerprint density at radius 1 is 0.688 bits per heavy atom. The zero-order chi connectivity index (χ0) is 47.6. The number of aliphatic hydroxyl groups excluding tert-OH is 9. The van der Waals surface area contributed by atoms with Crippen LogP contribution in [0.5, 0.6) is 0 Å². The van der Waals surface area contributed by atoms with E-state index in [1.165, 1.54) is 6.08 Å². The fraction of sp³-hybridized carbons (Fsp3) is 0.652. The summed E-state index contributed by atoms with van der Waals surface area (Å²) in [6.07, 6.45) is 4.41. The molecule has 0 aromatic carbocycles. The molecular weight excluding hydrogens is 838 g/mol. The molecule has 64 heavy (non-hydrogen) atoms. The molecule has 18 atom stereocenters. The normalized spacial score (nSPS) is 44.8. The van der Waals surface area contributed by atoms with Gasteiger partial charge in [0.1, 0.15) is 18.1 Å². The van der Waals surface area contributed by atoms with Gasteiger partial charge in [0.15, 0.2) is 12.1 Å². The molecule has 3 rings (SSSR count). The lowest BCUT2D eigenvalue weighted by molar-refractivity contribution is -0.305. The van der Waals surface area contributed by atoms with Crippen LogP contribution < -0.4 is 5.73 Å². The van der Waals surface area contributed by atoms with Crippen LogP contribution in [-0.2, 0) is 28.5 Å². The van der Waals surface area contributed by atoms with Gasteiger partial charge in [-0.05, 0) is 26.2 Å². The number of hydrogen-bond donors (Lipinski definition) is 12. The van der Waals surface area contributed by atoms with Crippen LogP contribution in [0.25, 0.3) is 0 Å². The van der Waals surface area contributed by atoms with Crippen LogP contribution in [0.3, 0.4) is 0 Å². The Kier molecular flexibility index (Phi) is 23.4. The molecule has 0 radical (unpaired) electrons. The summed E-state index contributed by atoms with van der Waals surface area (Å²) >= 11 is 0. The van der Waals surface area contributed by atoms with Gasteiger partial charge in [-0.15, -0.1) is 0 Å². The second-order valence-corrected chi connectivity index (χ2v) is 17.1. The third-order valence-corrected chi connectivity index (χ3v) is 11.7. The van der Waals surface area contributed by atoms with Crippen LogP contribution in [-0.4, -0.2) is 166 Å². The average Bonchev–Trinajstić information content (AvgIpc) is 3.21. The smallest absolute Gasteiger partial charge is 0.311 e. The Bertz CT molecular complexity index is 1630. The van der Waals surface area contributed by atoms with Gasteiger partial charge >= 0.3 is 11.9 Å². The van der Waals surface area contributed by atoms with Crippen LogP contribution in [0.2, 0.25) is 0 Å². The minimum Gasteiger partial charge on any atom is -0.481 e. The Hall–Kier alpha value is -3.44. The third kappa shape index (κ3) is 18.4. The molecule has 2 fully saturated rings. The highest BCUT2D eigenvalue weighted by molar-refractivity contribution is 5.71. The van der Waals surface area contributed by atoms with E-state index in [0.717, 1.165) is 0 Å². The van der Waals surface area contributed by atoms with Gasteiger partial charge in [-0.3, -0.25) is 9.59 Å². The van der Waals surface area contributed by atoms with Crippen LogP contribution in [0.4, 0.5) is 0 Å². The number of nitrogens with two attached hydrogens (primary N) is 1. The highest BCUT2D eigenvalue weighted by Gasteiger charge is 2.50. The minimum absolute atomic E-state index is 0.106. The number of ether oxygens (including phenoxy) is 4. The van der Waals surface area contributed by atoms with Gasteiger partial charge in [0.25, 0.3) is 0 Å². The summed E-state index contributed by atoms with van der Waals surface area (Å²) in [6, 6.07) is -1.13. The summed E-state index contributed by atoms with van der Waals surface area (Å²) in [5.41, 5.74) is 5.93. The first-order valence-electron chi connectivity index (χ1n) is 21.9. The minimum atomic E-state index is -2.32. The quantitative estimate of drug-likeness (QED) is 0.170. The predicted octanol–water partition coefficient (Wildman–Crippen LogP) is 0.323. The molecule has 18 heteroatoms. The van der Waals surface area contributed by atoms with Gasteiger partial charge in [0.05, 0.1) is 80.1 Å². The van der Waals surface area contributed by atoms with Gasteiger partial charge < -0.3 is 80.9 Å². The topological polar surface area (TPSA) is 320 Å². The number of aliphatic hydroxyl groups is 10. The molecule has 0 amide bonds. The Morgan fingerprint density at radius 2 is 1.27 bits per heavy atom. The predicted molar refractivity (Wildman–Crippen MR) is 232 cm³/mol. The zero-order valence-corrected chi connectivity index (χ0v) is 36.7. The lowest BCUT2D eigenvalue weighted by Gasteiger charge is -2.45. The number of esters is 1. The van der Waals surface area contributed by atoms with Crippen LogP contribution >= 0.6 is 0 Å². The SMILES string of the molecule is C[C@@H]1[C@H](O)[C@@H](C)\C=C/C=C\C=C/C=C\C=C/C=C\C=C/[C@H](OC2OC[C@@H](O)[C@H](N)[C@H]2O)C[C@@H]2OC(O)(CC(O)CC(O)[C@H](O)CCC(O)CC(O)CC(=O)O[C@H]1C)C[C@H](O)[C@H]2C(=O)O. The number of fused-ring (bicyclic) bond motifs is 2. The molecule has 0 aromatic rings. The summed E-state index contributed by atoms with van der Waals surface area (Å²) in [5, 5.41) is 118. The monoisotopic (exact) mass is 909 g/mol. The summed E-state index contributed by atoms with van der Waals surface area (Å²) in [6.45, 7) is 4.95. The number of rotatable bonds is 3. The molecule has 2 bridgehead atoms. The lowest BCUT2D eigenvalue weighted by Crippen LogP contribution is -2.59. The maximum atomic E-state index is 12.6.